The predicted molar refractivity (Wildman–Crippen MR) is 5.75 cm³/mol. The van der Waals surface area contributed by atoms with Gasteiger partial charge >= 0.3 is 45.5 Å². The molecule has 0 aliphatic rings. The summed E-state index contributed by atoms with van der Waals surface area (Å²) in [5, 5.41) is 0. The second-order valence-electron chi connectivity index (χ2n) is 0. The fraction of sp³-hybridized carbons (Fsp3) is 0. The standard InChI is InChI=1S/4BrH.Sr/h4*1H;/q;;;;+2/p-4. The molecule has 0 fully saturated rings. The third kappa shape index (κ3) is 18.7. The Labute approximate surface area is 111 Å². The summed E-state index contributed by atoms with van der Waals surface area (Å²) in [5.74, 6) is 0. The molecule has 0 aromatic heterocycles. The van der Waals surface area contributed by atoms with E-state index in [1.165, 1.54) is 0 Å². The largest absolute Gasteiger partial charge is 2.00 e. The fourth-order valence-electron chi connectivity index (χ4n) is 0. The monoisotopic (exact) mass is 404 g/mol. The van der Waals surface area contributed by atoms with Crippen molar-refractivity contribution in [3.05, 3.63) is 0 Å². The van der Waals surface area contributed by atoms with Crippen LogP contribution in [0.5, 0.6) is 0 Å². The van der Waals surface area contributed by atoms with Crippen molar-refractivity contribution in [2.45, 2.75) is 0 Å². The van der Waals surface area contributed by atoms with Crippen molar-refractivity contribution in [3.8, 4) is 0 Å². The van der Waals surface area contributed by atoms with Crippen molar-refractivity contribution in [3.63, 3.8) is 0 Å². The zero-order valence-electron chi connectivity index (χ0n) is 2.22. The second-order valence-corrected chi connectivity index (χ2v) is 0. The molecule has 0 atom stereocenters. The van der Waals surface area contributed by atoms with Gasteiger partial charge in [-0.05, 0) is 0 Å². The Morgan fingerprint density at radius 3 is 0.400 bits per heavy atom. The number of hydrogen-bond acceptors (Lipinski definition) is 0. The SMILES string of the molecule is [Br-].[Br-].[Br-].[Br-].[Sr+2]. The van der Waals surface area contributed by atoms with Gasteiger partial charge in [-0.2, -0.15) is 0 Å². The van der Waals surface area contributed by atoms with Crippen LogP contribution in [0.3, 0.4) is 0 Å². The molecule has 0 heterocycles. The summed E-state index contributed by atoms with van der Waals surface area (Å²) in [5.41, 5.74) is 0. The first-order valence-electron chi connectivity index (χ1n) is 0. The van der Waals surface area contributed by atoms with Gasteiger partial charge in [-0.1, -0.05) is 0 Å². The average Bonchev–Trinajstić information content (AvgIpc) is 0. The maximum atomic E-state index is 0. The number of halogens is 4. The Morgan fingerprint density at radius 1 is 0.400 bits per heavy atom. The van der Waals surface area contributed by atoms with Gasteiger partial charge in [0.2, 0.25) is 0 Å². The van der Waals surface area contributed by atoms with Gasteiger partial charge in [-0.15, -0.1) is 0 Å². The van der Waals surface area contributed by atoms with Crippen molar-refractivity contribution in [1.29, 1.82) is 0 Å². The Kier molecular flexibility index (Phi) is 209. The van der Waals surface area contributed by atoms with Gasteiger partial charge in [-0.25, -0.2) is 0 Å². The van der Waals surface area contributed by atoms with E-state index in [2.05, 4.69) is 0 Å². The minimum absolute atomic E-state index is 0. The first-order valence-corrected chi connectivity index (χ1v) is 0. The number of rotatable bonds is 0. The molecular formula is Br4Sr-2. The molecule has 0 rings (SSSR count). The summed E-state index contributed by atoms with van der Waals surface area (Å²) in [6.07, 6.45) is 0. The Hall–Kier alpha value is 3.40. The topological polar surface area (TPSA) is 0 Å². The predicted octanol–water partition coefficient (Wildman–Crippen LogP) is -12.4. The molecule has 0 aliphatic heterocycles. The summed E-state index contributed by atoms with van der Waals surface area (Å²) in [7, 11) is 0. The minimum Gasteiger partial charge on any atom is -1.00 e. The first-order chi connectivity index (χ1) is 0. The first kappa shape index (κ1) is 39.8. The second kappa shape index (κ2) is 26.2. The van der Waals surface area contributed by atoms with Crippen LogP contribution in [0, 0.1) is 0 Å². The molecule has 0 spiro atoms. The van der Waals surface area contributed by atoms with Crippen LogP contribution in [-0.2, 0) is 0 Å². The van der Waals surface area contributed by atoms with Crippen molar-refractivity contribution in [1.82, 2.24) is 0 Å². The molecular weight excluding hydrogens is 407 g/mol. The fourth-order valence-corrected chi connectivity index (χ4v) is 0. The van der Waals surface area contributed by atoms with E-state index in [-0.39, 0.29) is 113 Å². The van der Waals surface area contributed by atoms with Crippen LogP contribution in [0.1, 0.15) is 0 Å². The van der Waals surface area contributed by atoms with Crippen LogP contribution >= 0.6 is 0 Å². The Balaban J connectivity index is 0. The smallest absolute Gasteiger partial charge is 1.00 e. The van der Waals surface area contributed by atoms with Gasteiger partial charge < -0.3 is 67.9 Å². The summed E-state index contributed by atoms with van der Waals surface area (Å²) in [4.78, 5) is 0. The molecule has 0 nitrogen and oxygen atoms in total. The van der Waals surface area contributed by atoms with Gasteiger partial charge in [0, 0.05) is 0 Å². The molecule has 0 aliphatic carbocycles. The van der Waals surface area contributed by atoms with E-state index < -0.39 is 0 Å². The molecule has 0 bridgehead atoms. The third-order valence-electron chi connectivity index (χ3n) is 0. The van der Waals surface area contributed by atoms with Gasteiger partial charge in [-0.3, -0.25) is 0 Å². The molecule has 32 valence electrons. The maximum Gasteiger partial charge on any atom is 2.00 e. The van der Waals surface area contributed by atoms with Gasteiger partial charge in [0.05, 0.1) is 0 Å². The van der Waals surface area contributed by atoms with E-state index in [1.807, 2.05) is 0 Å². The molecule has 0 saturated carbocycles. The zero-order chi connectivity index (χ0) is 0. The van der Waals surface area contributed by atoms with Crippen LogP contribution in [0.25, 0.3) is 0 Å². The summed E-state index contributed by atoms with van der Waals surface area (Å²) >= 11 is 0. The molecule has 0 amide bonds. The quantitative estimate of drug-likeness (QED) is 0.350. The average molecular weight is 407 g/mol. The van der Waals surface area contributed by atoms with Crippen molar-refractivity contribution < 1.29 is 67.9 Å². The summed E-state index contributed by atoms with van der Waals surface area (Å²) in [6.45, 7) is 0. The molecule has 0 radical (unpaired) electrons. The summed E-state index contributed by atoms with van der Waals surface area (Å²) < 4.78 is 0. The number of hydrogen-bond donors (Lipinski definition) is 0. The molecule has 5 heteroatoms. The van der Waals surface area contributed by atoms with Gasteiger partial charge in [0.25, 0.3) is 0 Å². The minimum atomic E-state index is 0. The Morgan fingerprint density at radius 2 is 0.400 bits per heavy atom. The van der Waals surface area contributed by atoms with Crippen LogP contribution in [0.2, 0.25) is 0 Å². The van der Waals surface area contributed by atoms with Crippen molar-refractivity contribution >= 4 is 45.5 Å². The van der Waals surface area contributed by atoms with Crippen molar-refractivity contribution in [2.75, 3.05) is 0 Å². The van der Waals surface area contributed by atoms with Crippen LogP contribution < -0.4 is 67.9 Å². The molecule has 5 heavy (non-hydrogen) atoms. The molecule has 0 aromatic carbocycles. The molecule has 0 unspecified atom stereocenters. The van der Waals surface area contributed by atoms with E-state index >= 15 is 0 Å². The Bertz CT molecular complexity index is 3.61. The van der Waals surface area contributed by atoms with Crippen LogP contribution in [-0.4, -0.2) is 45.5 Å². The van der Waals surface area contributed by atoms with Gasteiger partial charge in [0.1, 0.15) is 0 Å². The summed E-state index contributed by atoms with van der Waals surface area (Å²) in [6, 6.07) is 0. The van der Waals surface area contributed by atoms with Crippen LogP contribution in [0.15, 0.2) is 0 Å². The maximum absolute atomic E-state index is 0. The normalized spacial score (nSPS) is 0. The van der Waals surface area contributed by atoms with E-state index in [0.29, 0.717) is 0 Å². The van der Waals surface area contributed by atoms with E-state index in [0.717, 1.165) is 0 Å². The van der Waals surface area contributed by atoms with E-state index in [1.54, 1.807) is 0 Å². The molecule has 0 N–H and O–H groups in total. The van der Waals surface area contributed by atoms with E-state index in [9.17, 15) is 0 Å². The zero-order valence-corrected chi connectivity index (χ0v) is 12.0. The van der Waals surface area contributed by atoms with Crippen LogP contribution in [0.4, 0.5) is 0 Å². The third-order valence-corrected chi connectivity index (χ3v) is 0. The van der Waals surface area contributed by atoms with Gasteiger partial charge in [0.15, 0.2) is 0 Å². The molecule has 0 aromatic rings. The van der Waals surface area contributed by atoms with Crippen molar-refractivity contribution in [2.24, 2.45) is 0 Å². The molecule has 0 saturated heterocycles. The van der Waals surface area contributed by atoms with E-state index in [4.69, 9.17) is 0 Å².